The van der Waals surface area contributed by atoms with Crippen LogP contribution in [0.25, 0.3) is 0 Å². The lowest BCUT2D eigenvalue weighted by Crippen LogP contribution is -2.18. The Kier molecular flexibility index (Phi) is 6.47. The quantitative estimate of drug-likeness (QED) is 0.602. The molecule has 0 aliphatic carbocycles. The molecule has 2 aromatic rings. The lowest BCUT2D eigenvalue weighted by molar-refractivity contribution is -0.144. The van der Waals surface area contributed by atoms with Crippen molar-refractivity contribution < 1.29 is 13.9 Å². The van der Waals surface area contributed by atoms with E-state index in [2.05, 4.69) is 4.72 Å². The average molecular weight is 333 g/mol. The molecule has 0 aromatic heterocycles. The van der Waals surface area contributed by atoms with E-state index in [1.54, 1.807) is 19.1 Å². The van der Waals surface area contributed by atoms with Gasteiger partial charge in [0.15, 0.2) is 0 Å². The van der Waals surface area contributed by atoms with Crippen LogP contribution in [0.4, 0.5) is 10.1 Å². The van der Waals surface area contributed by atoms with Crippen molar-refractivity contribution in [3.05, 3.63) is 65.5 Å². The number of ether oxygens (including phenoxy) is 1. The first-order valence-electron chi connectivity index (χ1n) is 7.44. The minimum atomic E-state index is -0.518. The number of esters is 1. The van der Waals surface area contributed by atoms with Crippen LogP contribution in [-0.2, 0) is 16.0 Å². The van der Waals surface area contributed by atoms with Gasteiger partial charge >= 0.3 is 5.97 Å². The predicted molar refractivity (Wildman–Crippen MR) is 93.1 cm³/mol. The molecule has 0 heterocycles. The van der Waals surface area contributed by atoms with Crippen molar-refractivity contribution in [3.63, 3.8) is 0 Å². The zero-order valence-corrected chi connectivity index (χ0v) is 14.0. The summed E-state index contributed by atoms with van der Waals surface area (Å²) >= 11 is 1.32. The Hall–Kier alpha value is -2.01. The van der Waals surface area contributed by atoms with Crippen molar-refractivity contribution in [1.82, 2.24) is 0 Å². The Bertz CT molecular complexity index is 649. The van der Waals surface area contributed by atoms with Gasteiger partial charge in [-0.05, 0) is 36.6 Å². The largest absolute Gasteiger partial charge is 0.466 e. The van der Waals surface area contributed by atoms with E-state index in [4.69, 9.17) is 4.74 Å². The van der Waals surface area contributed by atoms with E-state index in [0.29, 0.717) is 24.3 Å². The summed E-state index contributed by atoms with van der Waals surface area (Å²) in [6, 6.07) is 14.5. The number of anilines is 1. The van der Waals surface area contributed by atoms with Gasteiger partial charge in [-0.15, -0.1) is 0 Å². The van der Waals surface area contributed by atoms with Crippen LogP contribution >= 0.6 is 11.9 Å². The van der Waals surface area contributed by atoms with Crippen molar-refractivity contribution in [2.75, 3.05) is 17.6 Å². The Morgan fingerprint density at radius 3 is 2.61 bits per heavy atom. The molecule has 0 radical (unpaired) electrons. The molecular weight excluding hydrogens is 313 g/mol. The summed E-state index contributed by atoms with van der Waals surface area (Å²) in [4.78, 5) is 12.3. The van der Waals surface area contributed by atoms with Gasteiger partial charge < -0.3 is 9.46 Å². The molecule has 122 valence electrons. The fraction of sp³-hybridized carbons (Fsp3) is 0.278. The molecule has 1 N–H and O–H groups in total. The molecule has 1 unspecified atom stereocenters. The molecule has 0 saturated heterocycles. The number of nitrogens with one attached hydrogen (secondary N) is 1. The Morgan fingerprint density at radius 2 is 2.00 bits per heavy atom. The van der Waals surface area contributed by atoms with Gasteiger partial charge in [0, 0.05) is 6.26 Å². The first kappa shape index (κ1) is 17.3. The smallest absolute Gasteiger partial charge is 0.313 e. The van der Waals surface area contributed by atoms with E-state index in [1.807, 2.05) is 36.6 Å². The van der Waals surface area contributed by atoms with E-state index < -0.39 is 5.92 Å². The molecular formula is C18H20FNO2S. The number of hydrogen-bond acceptors (Lipinski definition) is 4. The number of carbonyl (C=O) groups excluding carboxylic acids is 1. The van der Waals surface area contributed by atoms with Crippen LogP contribution in [-0.4, -0.2) is 18.8 Å². The van der Waals surface area contributed by atoms with Crippen LogP contribution < -0.4 is 4.72 Å². The van der Waals surface area contributed by atoms with Crippen molar-refractivity contribution in [2.24, 2.45) is 0 Å². The highest BCUT2D eigenvalue weighted by Gasteiger charge is 2.23. The minimum Gasteiger partial charge on any atom is -0.466 e. The third kappa shape index (κ3) is 4.73. The Balaban J connectivity index is 2.29. The molecule has 2 aromatic carbocycles. The second-order valence-corrected chi connectivity index (χ2v) is 5.65. The summed E-state index contributed by atoms with van der Waals surface area (Å²) < 4.78 is 22.2. The molecule has 0 fully saturated rings. The molecule has 23 heavy (non-hydrogen) atoms. The SMILES string of the molecule is CCOC(=O)C(Cc1ccccc1)c1ccc(NSC)c(F)c1. The number of carbonyl (C=O) groups is 1. The highest BCUT2D eigenvalue weighted by molar-refractivity contribution is 7.99. The van der Waals surface area contributed by atoms with E-state index in [0.717, 1.165) is 5.56 Å². The van der Waals surface area contributed by atoms with Crippen molar-refractivity contribution in [3.8, 4) is 0 Å². The summed E-state index contributed by atoms with van der Waals surface area (Å²) in [5.74, 6) is -1.23. The van der Waals surface area contributed by atoms with E-state index in [-0.39, 0.29) is 11.8 Å². The van der Waals surface area contributed by atoms with Crippen LogP contribution in [0, 0.1) is 5.82 Å². The zero-order chi connectivity index (χ0) is 16.7. The maximum Gasteiger partial charge on any atom is 0.313 e. The highest BCUT2D eigenvalue weighted by atomic mass is 32.2. The van der Waals surface area contributed by atoms with Crippen LogP contribution in [0.2, 0.25) is 0 Å². The maximum atomic E-state index is 14.2. The number of rotatable bonds is 7. The predicted octanol–water partition coefficient (Wildman–Crippen LogP) is 4.41. The summed E-state index contributed by atoms with van der Waals surface area (Å²) in [6.07, 6.45) is 2.30. The van der Waals surface area contributed by atoms with Gasteiger partial charge in [-0.3, -0.25) is 4.79 Å². The molecule has 0 saturated carbocycles. The standard InChI is InChI=1S/C18H20FNO2S/c1-3-22-18(21)15(11-13-7-5-4-6-8-13)14-9-10-17(20-23-2)16(19)12-14/h4-10,12,15,20H,3,11H2,1-2H3. The van der Waals surface area contributed by atoms with Crippen LogP contribution in [0.15, 0.2) is 48.5 Å². The second kappa shape index (κ2) is 8.58. The van der Waals surface area contributed by atoms with Gasteiger partial charge in [0.05, 0.1) is 18.2 Å². The van der Waals surface area contributed by atoms with Crippen LogP contribution in [0.3, 0.4) is 0 Å². The number of benzene rings is 2. The molecule has 0 aliphatic heterocycles. The first-order chi connectivity index (χ1) is 11.2. The van der Waals surface area contributed by atoms with Gasteiger partial charge in [-0.2, -0.15) is 0 Å². The van der Waals surface area contributed by atoms with Gasteiger partial charge in [0.25, 0.3) is 0 Å². The summed E-state index contributed by atoms with van der Waals surface area (Å²) in [6.45, 7) is 2.07. The molecule has 3 nitrogen and oxygen atoms in total. The molecule has 5 heteroatoms. The topological polar surface area (TPSA) is 38.3 Å². The normalized spacial score (nSPS) is 11.8. The summed E-state index contributed by atoms with van der Waals surface area (Å²) in [5, 5.41) is 0. The van der Waals surface area contributed by atoms with E-state index >= 15 is 0 Å². The molecule has 0 amide bonds. The molecule has 0 bridgehead atoms. The average Bonchev–Trinajstić information content (AvgIpc) is 2.56. The summed E-state index contributed by atoms with van der Waals surface area (Å²) in [5.41, 5.74) is 2.04. The highest BCUT2D eigenvalue weighted by Crippen LogP contribution is 2.27. The fourth-order valence-corrected chi connectivity index (χ4v) is 2.76. The van der Waals surface area contributed by atoms with Gasteiger partial charge in [0.1, 0.15) is 5.82 Å². The van der Waals surface area contributed by atoms with Gasteiger partial charge in [0.2, 0.25) is 0 Å². The van der Waals surface area contributed by atoms with E-state index in [1.165, 1.54) is 18.0 Å². The first-order valence-corrected chi connectivity index (χ1v) is 8.67. The maximum absolute atomic E-state index is 14.2. The van der Waals surface area contributed by atoms with Crippen LogP contribution in [0.5, 0.6) is 0 Å². The Morgan fingerprint density at radius 1 is 1.26 bits per heavy atom. The summed E-state index contributed by atoms with van der Waals surface area (Å²) in [7, 11) is 0. The number of hydrogen-bond donors (Lipinski definition) is 1. The molecule has 0 aliphatic rings. The van der Waals surface area contributed by atoms with Crippen molar-refractivity contribution >= 4 is 23.6 Å². The monoisotopic (exact) mass is 333 g/mol. The third-order valence-electron chi connectivity index (χ3n) is 3.46. The van der Waals surface area contributed by atoms with Crippen LogP contribution in [0.1, 0.15) is 24.0 Å². The van der Waals surface area contributed by atoms with E-state index in [9.17, 15) is 9.18 Å². The zero-order valence-electron chi connectivity index (χ0n) is 13.2. The molecule has 1 atom stereocenters. The van der Waals surface area contributed by atoms with Gasteiger partial charge in [-0.1, -0.05) is 48.3 Å². The second-order valence-electron chi connectivity index (χ2n) is 5.04. The van der Waals surface area contributed by atoms with Gasteiger partial charge in [-0.25, -0.2) is 4.39 Å². The molecule has 2 rings (SSSR count). The van der Waals surface area contributed by atoms with Crippen molar-refractivity contribution in [1.29, 1.82) is 0 Å². The molecule has 0 spiro atoms. The third-order valence-corrected chi connectivity index (χ3v) is 3.89. The fourth-order valence-electron chi connectivity index (χ4n) is 2.37. The minimum absolute atomic E-state index is 0.304. The Labute approximate surface area is 140 Å². The van der Waals surface area contributed by atoms with Crippen molar-refractivity contribution in [2.45, 2.75) is 19.3 Å². The lowest BCUT2D eigenvalue weighted by Gasteiger charge is -2.17. The lowest BCUT2D eigenvalue weighted by atomic mass is 9.91. The number of halogens is 1.